The van der Waals surface area contributed by atoms with E-state index in [4.69, 9.17) is 24.2 Å². The molecule has 302 valence electrons. The largest absolute Gasteiger partial charge is 0.488 e. The van der Waals surface area contributed by atoms with Crippen LogP contribution < -0.4 is 10.1 Å². The van der Waals surface area contributed by atoms with Gasteiger partial charge in [-0.2, -0.15) is 0 Å². The number of aromatic nitrogens is 4. The van der Waals surface area contributed by atoms with E-state index in [0.29, 0.717) is 19.1 Å². The fraction of sp³-hybridized carbons (Fsp3) is 0.444. The number of benzene rings is 3. The maximum absolute atomic E-state index is 13.6. The predicted molar refractivity (Wildman–Crippen MR) is 219 cm³/mol. The van der Waals surface area contributed by atoms with Crippen molar-refractivity contribution in [1.82, 2.24) is 35.1 Å². The number of nitrogens with zero attached hydrogens (tertiary/aromatic N) is 4. The van der Waals surface area contributed by atoms with E-state index in [1.807, 2.05) is 56.7 Å². The highest BCUT2D eigenvalue weighted by molar-refractivity contribution is 5.87. The SMILES string of the molecule is COC(=O)N[C@H](C(=O)N1CCC[C@H]1c1ncc(-c2ccc3c(c2)COc2cc(-c4ccc5nc(C6C7CCC(C7)N6C(=O)OC(C)(C)C)[nH]c5c4)ccc2-3)[nH]1)C(C)C. The Balaban J connectivity index is 0.921. The topological polar surface area (TPSA) is 155 Å². The molecule has 3 unspecified atom stereocenters. The van der Waals surface area contributed by atoms with Gasteiger partial charge in [0.2, 0.25) is 5.91 Å². The number of likely N-dealkylation sites (tertiary alicyclic amines) is 2. The molecule has 3 aliphatic heterocycles. The highest BCUT2D eigenvalue weighted by Crippen LogP contribution is 2.50. The lowest BCUT2D eigenvalue weighted by molar-refractivity contribution is -0.135. The Kier molecular flexibility index (Phi) is 9.44. The number of methoxy groups -OCH3 is 1. The second kappa shape index (κ2) is 14.5. The quantitative estimate of drug-likeness (QED) is 0.148. The van der Waals surface area contributed by atoms with Crippen molar-refractivity contribution in [3.63, 3.8) is 0 Å². The van der Waals surface area contributed by atoms with E-state index in [-0.39, 0.29) is 36.0 Å². The molecular formula is C45H51N7O6. The average Bonchev–Trinajstić information content (AvgIpc) is 4.06. The Morgan fingerprint density at radius 2 is 1.71 bits per heavy atom. The summed E-state index contributed by atoms with van der Waals surface area (Å²) in [5.41, 5.74) is 8.40. The second-order valence-electron chi connectivity index (χ2n) is 17.5. The third-order valence-electron chi connectivity index (χ3n) is 12.2. The molecule has 13 heteroatoms. The number of aromatic amines is 2. The van der Waals surface area contributed by atoms with Crippen molar-refractivity contribution < 1.29 is 28.6 Å². The van der Waals surface area contributed by atoms with Crippen LogP contribution in [0.2, 0.25) is 0 Å². The van der Waals surface area contributed by atoms with E-state index < -0.39 is 17.7 Å². The maximum Gasteiger partial charge on any atom is 0.411 e. The minimum Gasteiger partial charge on any atom is -0.488 e. The van der Waals surface area contributed by atoms with Gasteiger partial charge < -0.3 is 34.4 Å². The van der Waals surface area contributed by atoms with Crippen LogP contribution in [0.5, 0.6) is 5.75 Å². The molecular weight excluding hydrogens is 735 g/mol. The highest BCUT2D eigenvalue weighted by Gasteiger charge is 2.51. The lowest BCUT2D eigenvalue weighted by atomic mass is 9.92. The van der Waals surface area contributed by atoms with Crippen LogP contribution in [0.3, 0.4) is 0 Å². The first-order valence-electron chi connectivity index (χ1n) is 20.5. The number of imidazole rings is 2. The van der Waals surface area contributed by atoms with Gasteiger partial charge in [-0.15, -0.1) is 0 Å². The summed E-state index contributed by atoms with van der Waals surface area (Å²) < 4.78 is 17.0. The molecule has 3 N–H and O–H groups in total. The van der Waals surface area contributed by atoms with Gasteiger partial charge in [0.05, 0.1) is 42.1 Å². The minimum absolute atomic E-state index is 0.104. The number of rotatable bonds is 7. The number of alkyl carbamates (subject to hydrolysis) is 1. The standard InChI is InChI=1S/C45H51N7O6/c1-24(2)38(50-43(54)56-6)42(53)51-17-7-8-36(51)40-46-22-35(49-40)27-11-14-31-29(18-27)23-57-37-21-26(10-15-32(31)37)25-12-16-33-34(20-25)48-41(47-33)39-28-9-13-30(19-28)52(39)44(55)58-45(3,4)5/h10-12,14-16,18,20-22,24,28,30,36,38-39H,7-9,13,17,19,23H2,1-6H3,(H,46,49)(H,47,48)(H,50,54)/t28?,30?,36-,38-,39?/m0/s1. The molecule has 2 bridgehead atoms. The number of fused-ring (bicyclic) bond motifs is 6. The maximum atomic E-state index is 13.6. The van der Waals surface area contributed by atoms with Gasteiger partial charge in [0, 0.05) is 18.2 Å². The molecule has 2 aromatic heterocycles. The van der Waals surface area contributed by atoms with Crippen LogP contribution in [-0.4, -0.2) is 79.2 Å². The molecule has 9 rings (SSSR count). The summed E-state index contributed by atoms with van der Waals surface area (Å²) in [5, 5.41) is 2.71. The molecule has 5 atom stereocenters. The molecule has 2 saturated heterocycles. The van der Waals surface area contributed by atoms with E-state index in [1.54, 1.807) is 0 Å². The van der Waals surface area contributed by atoms with Gasteiger partial charge in [0.25, 0.3) is 0 Å². The van der Waals surface area contributed by atoms with Crippen LogP contribution in [0.4, 0.5) is 9.59 Å². The van der Waals surface area contributed by atoms with Crippen LogP contribution in [0.15, 0.2) is 60.8 Å². The van der Waals surface area contributed by atoms with E-state index in [0.717, 1.165) is 99.6 Å². The summed E-state index contributed by atoms with van der Waals surface area (Å²) in [5.74, 6) is 2.51. The Labute approximate surface area is 337 Å². The molecule has 5 heterocycles. The summed E-state index contributed by atoms with van der Waals surface area (Å²) in [6.07, 6.45) is 5.65. The Hall–Kier alpha value is -5.85. The zero-order valence-electron chi connectivity index (χ0n) is 33.9. The van der Waals surface area contributed by atoms with Crippen molar-refractivity contribution in [2.75, 3.05) is 13.7 Å². The number of hydrogen-bond acceptors (Lipinski definition) is 8. The van der Waals surface area contributed by atoms with Gasteiger partial charge in [-0.3, -0.25) is 9.69 Å². The second-order valence-corrected chi connectivity index (χ2v) is 17.5. The number of nitrogens with one attached hydrogen (secondary N) is 3. The van der Waals surface area contributed by atoms with Gasteiger partial charge in [-0.05, 0) is 117 Å². The molecule has 1 aliphatic carbocycles. The number of ether oxygens (including phenoxy) is 3. The Morgan fingerprint density at radius 3 is 2.50 bits per heavy atom. The smallest absolute Gasteiger partial charge is 0.411 e. The van der Waals surface area contributed by atoms with Crippen molar-refractivity contribution in [2.45, 2.75) is 103 Å². The summed E-state index contributed by atoms with van der Waals surface area (Å²) in [6, 6.07) is 18.2. The molecule has 4 aliphatic rings. The van der Waals surface area contributed by atoms with Crippen LogP contribution in [0.25, 0.3) is 44.5 Å². The van der Waals surface area contributed by atoms with Gasteiger partial charge in [-0.1, -0.05) is 44.2 Å². The fourth-order valence-electron chi connectivity index (χ4n) is 9.45. The normalized spacial score (nSPS) is 21.5. The van der Waals surface area contributed by atoms with Crippen molar-refractivity contribution in [1.29, 1.82) is 0 Å². The Bertz CT molecular complexity index is 2410. The van der Waals surface area contributed by atoms with Crippen LogP contribution in [0, 0.1) is 11.8 Å². The number of carbonyl (C=O) groups excluding carboxylic acids is 3. The first-order valence-corrected chi connectivity index (χ1v) is 20.5. The van der Waals surface area contributed by atoms with Gasteiger partial charge in [0.1, 0.15) is 35.6 Å². The number of piperidine rings is 1. The van der Waals surface area contributed by atoms with Crippen LogP contribution in [0.1, 0.15) is 96.0 Å². The van der Waals surface area contributed by atoms with Crippen molar-refractivity contribution in [2.24, 2.45) is 11.8 Å². The third-order valence-corrected chi connectivity index (χ3v) is 12.2. The molecule has 58 heavy (non-hydrogen) atoms. The first kappa shape index (κ1) is 37.7. The lowest BCUT2D eigenvalue weighted by Gasteiger charge is -2.35. The lowest BCUT2D eigenvalue weighted by Crippen LogP contribution is -2.51. The molecule has 5 aromatic rings. The van der Waals surface area contributed by atoms with E-state index >= 15 is 0 Å². The number of hydrogen-bond donors (Lipinski definition) is 3. The summed E-state index contributed by atoms with van der Waals surface area (Å²) >= 11 is 0. The monoisotopic (exact) mass is 785 g/mol. The molecule has 0 radical (unpaired) electrons. The minimum atomic E-state index is -0.688. The van der Waals surface area contributed by atoms with E-state index in [2.05, 4.69) is 63.8 Å². The number of H-pyrrole nitrogens is 2. The summed E-state index contributed by atoms with van der Waals surface area (Å²) in [7, 11) is 1.30. The Morgan fingerprint density at radius 1 is 0.931 bits per heavy atom. The zero-order chi connectivity index (χ0) is 40.5. The number of carbonyl (C=O) groups is 3. The van der Waals surface area contributed by atoms with Crippen molar-refractivity contribution in [3.8, 4) is 39.3 Å². The predicted octanol–water partition coefficient (Wildman–Crippen LogP) is 8.68. The summed E-state index contributed by atoms with van der Waals surface area (Å²) in [6.45, 7) is 10.6. The van der Waals surface area contributed by atoms with Gasteiger partial charge >= 0.3 is 12.2 Å². The van der Waals surface area contributed by atoms with Gasteiger partial charge in [-0.25, -0.2) is 19.6 Å². The van der Waals surface area contributed by atoms with Gasteiger partial charge in [0.15, 0.2) is 0 Å². The molecule has 1 saturated carbocycles. The first-order chi connectivity index (χ1) is 27.8. The third kappa shape index (κ3) is 6.83. The zero-order valence-corrected chi connectivity index (χ0v) is 33.9. The molecule has 0 spiro atoms. The molecule has 13 nitrogen and oxygen atoms in total. The highest BCUT2D eigenvalue weighted by atomic mass is 16.6. The van der Waals surface area contributed by atoms with Crippen LogP contribution >= 0.6 is 0 Å². The van der Waals surface area contributed by atoms with Crippen molar-refractivity contribution in [3.05, 3.63) is 78.0 Å². The van der Waals surface area contributed by atoms with Crippen molar-refractivity contribution >= 4 is 29.1 Å². The van der Waals surface area contributed by atoms with E-state index in [1.165, 1.54) is 7.11 Å². The molecule has 3 aromatic carbocycles. The fourth-order valence-corrected chi connectivity index (χ4v) is 9.45. The average molecular weight is 786 g/mol. The van der Waals surface area contributed by atoms with Crippen LogP contribution in [-0.2, 0) is 20.9 Å². The number of amides is 3. The molecule has 3 amide bonds. The molecule has 3 fully saturated rings. The summed E-state index contributed by atoms with van der Waals surface area (Å²) in [4.78, 5) is 59.5. The van der Waals surface area contributed by atoms with E-state index in [9.17, 15) is 14.4 Å².